The number of fused-ring (bicyclic) bond motifs is 1. The highest BCUT2D eigenvalue weighted by molar-refractivity contribution is 7.90. The molecule has 1 heterocycles. The van der Waals surface area contributed by atoms with Gasteiger partial charge in [0.05, 0.1) is 11.3 Å². The van der Waals surface area contributed by atoms with Crippen molar-refractivity contribution in [1.82, 2.24) is 10.3 Å². The summed E-state index contributed by atoms with van der Waals surface area (Å²) in [6, 6.07) is 30.3. The van der Waals surface area contributed by atoms with Crippen LogP contribution in [-0.2, 0) is 23.0 Å². The van der Waals surface area contributed by atoms with E-state index in [-0.39, 0.29) is 11.6 Å². The van der Waals surface area contributed by atoms with Gasteiger partial charge in [0.1, 0.15) is 28.0 Å². The van der Waals surface area contributed by atoms with Gasteiger partial charge >= 0.3 is 0 Å². The van der Waals surface area contributed by atoms with E-state index in [9.17, 15) is 12.8 Å². The number of nitrogens with one attached hydrogen (secondary N) is 2. The van der Waals surface area contributed by atoms with Gasteiger partial charge in [-0.2, -0.15) is 0 Å². The van der Waals surface area contributed by atoms with Gasteiger partial charge in [0, 0.05) is 42.3 Å². The van der Waals surface area contributed by atoms with Crippen LogP contribution in [0.25, 0.3) is 22.0 Å². The van der Waals surface area contributed by atoms with E-state index >= 15 is 0 Å². The zero-order valence-electron chi connectivity index (χ0n) is 22.1. The molecule has 5 rings (SSSR count). The number of aromatic nitrogens is 1. The molecule has 5 aromatic rings. The van der Waals surface area contributed by atoms with Gasteiger partial charge in [0.15, 0.2) is 0 Å². The van der Waals surface area contributed by atoms with Crippen LogP contribution in [0.3, 0.4) is 0 Å². The summed E-state index contributed by atoms with van der Waals surface area (Å²) >= 11 is 0. The molecule has 0 unspecified atom stereocenters. The maximum Gasteiger partial charge on any atom is 0.148 e. The monoisotopic (exact) mass is 555 g/mol. The topological polar surface area (TPSA) is 80.3 Å². The van der Waals surface area contributed by atoms with Crippen LogP contribution in [0.1, 0.15) is 11.1 Å². The van der Waals surface area contributed by atoms with E-state index in [0.717, 1.165) is 50.3 Å². The van der Waals surface area contributed by atoms with E-state index < -0.39 is 9.84 Å². The number of hydrogen-bond donors (Lipinski definition) is 2. The molecule has 1 aromatic heterocycles. The SMILES string of the molecule is CS(=O)(=O)CCNCc1cccc(-c2ccc3c(Nc4ccc(OCc5ccc(F)cc5)cc4)ccnc3c2)c1. The van der Waals surface area contributed by atoms with Crippen LogP contribution in [0.5, 0.6) is 5.75 Å². The number of halogens is 1. The zero-order valence-corrected chi connectivity index (χ0v) is 22.9. The van der Waals surface area contributed by atoms with Crippen molar-refractivity contribution in [1.29, 1.82) is 0 Å². The predicted molar refractivity (Wildman–Crippen MR) is 159 cm³/mol. The fourth-order valence-electron chi connectivity index (χ4n) is 4.33. The summed E-state index contributed by atoms with van der Waals surface area (Å²) in [5.41, 5.74) is 6.85. The fraction of sp³-hybridized carbons (Fsp3) is 0.156. The largest absolute Gasteiger partial charge is 0.489 e. The molecule has 204 valence electrons. The lowest BCUT2D eigenvalue weighted by atomic mass is 10.0. The number of anilines is 2. The second-order valence-corrected chi connectivity index (χ2v) is 11.9. The molecular formula is C32H30FN3O3S. The minimum atomic E-state index is -2.98. The van der Waals surface area contributed by atoms with Gasteiger partial charge < -0.3 is 15.4 Å². The number of sulfone groups is 1. The predicted octanol–water partition coefficient (Wildman–Crippen LogP) is 6.50. The first-order valence-corrected chi connectivity index (χ1v) is 15.0. The molecule has 6 nitrogen and oxygen atoms in total. The molecule has 0 saturated carbocycles. The average molecular weight is 556 g/mol. The van der Waals surface area contributed by atoms with Gasteiger partial charge in [0.25, 0.3) is 0 Å². The van der Waals surface area contributed by atoms with Crippen LogP contribution < -0.4 is 15.4 Å². The van der Waals surface area contributed by atoms with Crippen LogP contribution in [0, 0.1) is 5.82 Å². The Morgan fingerprint density at radius 2 is 1.62 bits per heavy atom. The lowest BCUT2D eigenvalue weighted by Gasteiger charge is -2.12. The van der Waals surface area contributed by atoms with Gasteiger partial charge in [-0.3, -0.25) is 4.98 Å². The third-order valence-electron chi connectivity index (χ3n) is 6.43. The summed E-state index contributed by atoms with van der Waals surface area (Å²) in [5, 5.41) is 7.67. The Hall–Kier alpha value is -4.27. The standard InChI is InChI=1S/C32H30FN3O3S/c1-40(37,38)18-17-34-21-24-3-2-4-25(19-24)26-7-14-30-31(15-16-35-32(30)20-26)36-28-10-12-29(13-11-28)39-22-23-5-8-27(33)9-6-23/h2-16,19-20,34H,17-18,21-22H2,1H3,(H,35,36). The highest BCUT2D eigenvalue weighted by Gasteiger charge is 2.07. The zero-order chi connectivity index (χ0) is 28.0. The number of benzene rings is 4. The van der Waals surface area contributed by atoms with E-state index in [0.29, 0.717) is 19.7 Å². The molecule has 0 fully saturated rings. The Bertz CT molecular complexity index is 1710. The Balaban J connectivity index is 1.25. The smallest absolute Gasteiger partial charge is 0.148 e. The highest BCUT2D eigenvalue weighted by atomic mass is 32.2. The van der Waals surface area contributed by atoms with Crippen molar-refractivity contribution >= 4 is 32.1 Å². The number of ether oxygens (including phenoxy) is 1. The summed E-state index contributed by atoms with van der Waals surface area (Å²) in [6.45, 7) is 1.39. The molecule has 0 spiro atoms. The third kappa shape index (κ3) is 7.43. The Labute approximate surface area is 233 Å². The molecule has 0 atom stereocenters. The van der Waals surface area contributed by atoms with Crippen LogP contribution in [0.15, 0.2) is 103 Å². The van der Waals surface area contributed by atoms with E-state index in [4.69, 9.17) is 4.74 Å². The van der Waals surface area contributed by atoms with E-state index in [2.05, 4.69) is 45.9 Å². The van der Waals surface area contributed by atoms with Crippen molar-refractivity contribution in [2.45, 2.75) is 13.2 Å². The molecule has 0 bridgehead atoms. The Morgan fingerprint density at radius 1 is 0.850 bits per heavy atom. The summed E-state index contributed by atoms with van der Waals surface area (Å²) in [7, 11) is -2.98. The van der Waals surface area contributed by atoms with E-state index in [1.165, 1.54) is 18.4 Å². The fourth-order valence-corrected chi connectivity index (χ4v) is 4.84. The first-order valence-electron chi connectivity index (χ1n) is 12.9. The number of pyridine rings is 1. The maximum atomic E-state index is 13.1. The molecule has 4 aromatic carbocycles. The minimum absolute atomic E-state index is 0.120. The number of hydrogen-bond acceptors (Lipinski definition) is 6. The lowest BCUT2D eigenvalue weighted by Crippen LogP contribution is -2.21. The van der Waals surface area contributed by atoms with Crippen molar-refractivity contribution in [2.24, 2.45) is 0 Å². The van der Waals surface area contributed by atoms with Gasteiger partial charge in [-0.15, -0.1) is 0 Å². The number of rotatable bonds is 11. The summed E-state index contributed by atoms with van der Waals surface area (Å²) in [5.74, 6) is 0.586. The summed E-state index contributed by atoms with van der Waals surface area (Å²) in [6.07, 6.45) is 3.03. The van der Waals surface area contributed by atoms with Crippen LogP contribution in [-0.4, -0.2) is 32.0 Å². The van der Waals surface area contributed by atoms with E-state index in [1.54, 1.807) is 18.3 Å². The molecule has 0 radical (unpaired) electrons. The lowest BCUT2D eigenvalue weighted by molar-refractivity contribution is 0.306. The van der Waals surface area contributed by atoms with Gasteiger partial charge in [0.2, 0.25) is 0 Å². The second kappa shape index (κ2) is 12.3. The second-order valence-electron chi connectivity index (χ2n) is 9.66. The van der Waals surface area contributed by atoms with Crippen LogP contribution in [0.2, 0.25) is 0 Å². The highest BCUT2D eigenvalue weighted by Crippen LogP contribution is 2.30. The van der Waals surface area contributed by atoms with Gasteiger partial charge in [-0.1, -0.05) is 42.5 Å². The molecule has 0 saturated heterocycles. The molecule has 0 aliphatic rings. The average Bonchev–Trinajstić information content (AvgIpc) is 2.95. The van der Waals surface area contributed by atoms with Crippen molar-refractivity contribution in [2.75, 3.05) is 23.9 Å². The molecule has 0 amide bonds. The van der Waals surface area contributed by atoms with Gasteiger partial charge in [-0.05, 0) is 76.9 Å². The molecule has 40 heavy (non-hydrogen) atoms. The van der Waals surface area contributed by atoms with Crippen LogP contribution >= 0.6 is 0 Å². The first kappa shape index (κ1) is 27.3. The Morgan fingerprint density at radius 3 is 2.40 bits per heavy atom. The van der Waals surface area contributed by atoms with E-state index in [1.807, 2.05) is 42.5 Å². The maximum absolute atomic E-state index is 13.1. The normalized spacial score (nSPS) is 11.4. The van der Waals surface area contributed by atoms with Crippen molar-refractivity contribution < 1.29 is 17.5 Å². The molecule has 0 aliphatic heterocycles. The van der Waals surface area contributed by atoms with Crippen molar-refractivity contribution in [3.63, 3.8) is 0 Å². The minimum Gasteiger partial charge on any atom is -0.489 e. The Kier molecular flexibility index (Phi) is 8.38. The third-order valence-corrected chi connectivity index (χ3v) is 7.38. The molecule has 2 N–H and O–H groups in total. The van der Waals surface area contributed by atoms with Crippen molar-refractivity contribution in [3.8, 4) is 16.9 Å². The van der Waals surface area contributed by atoms with Crippen LogP contribution in [0.4, 0.5) is 15.8 Å². The van der Waals surface area contributed by atoms with Gasteiger partial charge in [-0.25, -0.2) is 12.8 Å². The van der Waals surface area contributed by atoms with Crippen molar-refractivity contribution in [3.05, 3.63) is 120 Å². The summed E-state index contributed by atoms with van der Waals surface area (Å²) in [4.78, 5) is 4.60. The molecular weight excluding hydrogens is 525 g/mol. The summed E-state index contributed by atoms with van der Waals surface area (Å²) < 4.78 is 41.6. The molecule has 8 heteroatoms. The molecule has 0 aliphatic carbocycles. The first-order chi connectivity index (χ1) is 19.3. The number of nitrogens with zero attached hydrogens (tertiary/aromatic N) is 1. The quantitative estimate of drug-likeness (QED) is 0.181.